The van der Waals surface area contributed by atoms with E-state index in [1.54, 1.807) is 4.44 Å². The van der Waals surface area contributed by atoms with Crippen molar-refractivity contribution in [2.75, 3.05) is 0 Å². The van der Waals surface area contributed by atoms with E-state index in [2.05, 4.69) is 44.2 Å². The molecular weight excluding hydrogens is 421 g/mol. The average molecular weight is 430 g/mol. The summed E-state index contributed by atoms with van der Waals surface area (Å²) in [6.45, 7) is 2.26. The monoisotopic (exact) mass is 431 g/mol. The fourth-order valence-electron chi connectivity index (χ4n) is 0.310. The van der Waals surface area contributed by atoms with Crippen LogP contribution in [-0.4, -0.2) is 11.8 Å². The average Bonchev–Trinajstić information content (AvgIpc) is 1.61. The molecule has 43 valence electrons. The van der Waals surface area contributed by atoms with Gasteiger partial charge in [-0.15, -0.1) is 0 Å². The van der Waals surface area contributed by atoms with Crippen LogP contribution >= 0.6 is 37.3 Å². The first kappa shape index (κ1) is 9.26. The Bertz CT molecular complexity index is 38.7. The zero-order valence-electron chi connectivity index (χ0n) is 4.38. The van der Waals surface area contributed by atoms with E-state index in [4.69, 9.17) is 0 Å². The summed E-state index contributed by atoms with van der Waals surface area (Å²) in [7, 11) is 0. The van der Waals surface area contributed by atoms with Crippen LogP contribution in [0.15, 0.2) is 0 Å². The molecule has 0 aromatic heterocycles. The van der Waals surface area contributed by atoms with E-state index in [0.29, 0.717) is 0 Å². The molecule has 0 aliphatic carbocycles. The fourth-order valence-corrected chi connectivity index (χ4v) is 7.20. The van der Waals surface area contributed by atoms with Crippen LogP contribution in [0.3, 0.4) is 0 Å². The first-order chi connectivity index (χ1) is 3.27. The van der Waals surface area contributed by atoms with Crippen molar-refractivity contribution in [3.63, 3.8) is 0 Å². The molecule has 0 bridgehead atoms. The second-order valence-electron chi connectivity index (χ2n) is 1.44. The maximum atomic E-state index is 2.65. The van der Waals surface area contributed by atoms with E-state index in [0.717, 1.165) is 0 Å². The van der Waals surface area contributed by atoms with Gasteiger partial charge in [0, 0.05) is 0 Å². The van der Waals surface area contributed by atoms with E-state index >= 15 is 0 Å². The van der Waals surface area contributed by atoms with Crippen molar-refractivity contribution < 1.29 is 0 Å². The Morgan fingerprint density at radius 2 is 2.00 bits per heavy atom. The summed E-state index contributed by atoms with van der Waals surface area (Å²) in [5.74, 6) is 0. The van der Waals surface area contributed by atoms with E-state index in [-0.39, 0.29) is 0 Å². The summed E-state index contributed by atoms with van der Waals surface area (Å²) < 4.78 is 1.57. The predicted octanol–water partition coefficient (Wildman–Crippen LogP) is 3.14. The molecule has 0 rings (SSSR count). The summed E-state index contributed by atoms with van der Waals surface area (Å²) >= 11 is 4.60. The van der Waals surface area contributed by atoms with Gasteiger partial charge in [0.05, 0.1) is 0 Å². The molecule has 0 aromatic rings. The van der Waals surface area contributed by atoms with E-state index in [1.807, 2.05) is 0 Å². The van der Waals surface area contributed by atoms with Crippen LogP contribution < -0.4 is 0 Å². The van der Waals surface area contributed by atoms with Crippen molar-refractivity contribution in [2.45, 2.75) is 24.2 Å². The van der Waals surface area contributed by atoms with Crippen LogP contribution in [0.1, 0.15) is 19.8 Å². The number of rotatable bonds is 3. The molecule has 0 aromatic carbocycles. The van der Waals surface area contributed by atoms with Gasteiger partial charge in [-0.3, -0.25) is 0 Å². The Morgan fingerprint density at radius 3 is 2.14 bits per heavy atom. The minimum atomic E-state index is -0.702. The molecule has 0 nitrogen and oxygen atoms in total. The maximum absolute atomic E-state index is 2.65. The molecule has 7 heavy (non-hydrogen) atoms. The second-order valence-corrected chi connectivity index (χ2v) is 36.1. The molecule has 0 fully saturated rings. The molecule has 0 saturated heterocycles. The zero-order valence-corrected chi connectivity index (χ0v) is 11.5. The quantitative estimate of drug-likeness (QED) is 0.478. The molecule has 0 amide bonds. The zero-order chi connectivity index (χ0) is 5.70. The predicted molar refractivity (Wildman–Crippen MR) is 53.5 cm³/mol. The van der Waals surface area contributed by atoms with Gasteiger partial charge in [-0.1, -0.05) is 0 Å². The Kier molecular flexibility index (Phi) is 8.44. The summed E-state index contributed by atoms with van der Waals surface area (Å²) in [4.78, 5) is 0. The van der Waals surface area contributed by atoms with Crippen LogP contribution in [0.5, 0.6) is 0 Å². The van der Waals surface area contributed by atoms with Gasteiger partial charge in [0.1, 0.15) is 0 Å². The Balaban J connectivity index is 2.68. The van der Waals surface area contributed by atoms with E-state index < -0.39 is 11.8 Å². The first-order valence-corrected chi connectivity index (χ1v) is 21.1. The van der Waals surface area contributed by atoms with Gasteiger partial charge in [0.15, 0.2) is 0 Å². The standard InChI is InChI=1S/C4H9.2HI.Sn/c1-3-4-2;;;/h1,3-4H2,2H3;2*1H;/q;;;+2/p-2. The van der Waals surface area contributed by atoms with E-state index in [9.17, 15) is 0 Å². The van der Waals surface area contributed by atoms with Crippen molar-refractivity contribution in [2.24, 2.45) is 0 Å². The minimum absolute atomic E-state index is 0.702. The Labute approximate surface area is 71.9 Å². The Hall–Kier alpha value is 2.26. The van der Waals surface area contributed by atoms with Crippen LogP contribution in [0.2, 0.25) is 4.44 Å². The molecule has 0 aliphatic heterocycles. The molecule has 0 unspecified atom stereocenters. The van der Waals surface area contributed by atoms with Crippen LogP contribution in [-0.2, 0) is 0 Å². The third kappa shape index (κ3) is 8.26. The number of halogens is 2. The third-order valence-electron chi connectivity index (χ3n) is 0.719. The molecule has 0 atom stereocenters. The molecule has 0 saturated carbocycles. The molecular formula is C4H9I2Sn. The molecule has 0 heterocycles. The molecule has 3 heteroatoms. The number of hydrogen-bond acceptors (Lipinski definition) is 0. The van der Waals surface area contributed by atoms with Crippen LogP contribution in [0, 0.1) is 0 Å². The number of unbranched alkanes of at least 4 members (excludes halogenated alkanes) is 1. The third-order valence-corrected chi connectivity index (χ3v) is 10.0. The van der Waals surface area contributed by atoms with Gasteiger partial charge >= 0.3 is 73.3 Å². The van der Waals surface area contributed by atoms with Crippen molar-refractivity contribution >= 4 is 49.1 Å². The summed E-state index contributed by atoms with van der Waals surface area (Å²) in [5.41, 5.74) is 0. The van der Waals surface area contributed by atoms with Crippen molar-refractivity contribution in [1.29, 1.82) is 0 Å². The van der Waals surface area contributed by atoms with Gasteiger partial charge in [-0.2, -0.15) is 0 Å². The normalized spacial score (nSPS) is 10.3. The van der Waals surface area contributed by atoms with Crippen LogP contribution in [0.25, 0.3) is 0 Å². The van der Waals surface area contributed by atoms with Gasteiger partial charge in [-0.25, -0.2) is 0 Å². The summed E-state index contributed by atoms with van der Waals surface area (Å²) in [5, 5.41) is 0. The molecule has 0 spiro atoms. The molecule has 0 N–H and O–H groups in total. The van der Waals surface area contributed by atoms with Crippen LogP contribution in [0.4, 0.5) is 0 Å². The Morgan fingerprint density at radius 1 is 1.43 bits per heavy atom. The molecule has 1 radical (unpaired) electrons. The van der Waals surface area contributed by atoms with Gasteiger partial charge < -0.3 is 0 Å². The van der Waals surface area contributed by atoms with Crippen molar-refractivity contribution in [3.8, 4) is 0 Å². The molecule has 0 aliphatic rings. The summed E-state index contributed by atoms with van der Waals surface area (Å²) in [6, 6.07) is 0. The van der Waals surface area contributed by atoms with Gasteiger partial charge in [-0.05, 0) is 0 Å². The topological polar surface area (TPSA) is 0 Å². The van der Waals surface area contributed by atoms with E-state index in [1.165, 1.54) is 12.8 Å². The fraction of sp³-hybridized carbons (Fsp3) is 1.00. The van der Waals surface area contributed by atoms with Crippen molar-refractivity contribution in [1.82, 2.24) is 0 Å². The number of hydrogen-bond donors (Lipinski definition) is 0. The summed E-state index contributed by atoms with van der Waals surface area (Å²) in [6.07, 6.45) is 2.86. The first-order valence-electron chi connectivity index (χ1n) is 2.44. The van der Waals surface area contributed by atoms with Gasteiger partial charge in [0.25, 0.3) is 0 Å². The SMILES string of the molecule is CCC[CH2][Sn]([I])[I]. The van der Waals surface area contributed by atoms with Crippen molar-refractivity contribution in [3.05, 3.63) is 0 Å². The van der Waals surface area contributed by atoms with Gasteiger partial charge in [0.2, 0.25) is 0 Å². The second kappa shape index (κ2) is 6.38.